The number of anilines is 1. The van der Waals surface area contributed by atoms with E-state index in [1.807, 2.05) is 52.9 Å². The van der Waals surface area contributed by atoms with Gasteiger partial charge in [-0.2, -0.15) is 10.2 Å². The molecule has 6 nitrogen and oxygen atoms in total. The van der Waals surface area contributed by atoms with E-state index in [4.69, 9.17) is 23.8 Å². The average molecular weight is 454 g/mol. The van der Waals surface area contributed by atoms with Crippen molar-refractivity contribution in [3.05, 3.63) is 63.6 Å². The Morgan fingerprint density at radius 3 is 2.88 bits per heavy atom. The summed E-state index contributed by atoms with van der Waals surface area (Å²) in [6.45, 7) is 4.05. The quantitative estimate of drug-likeness (QED) is 0.551. The molecule has 0 radical (unpaired) electrons. The maximum absolute atomic E-state index is 6.01. The van der Waals surface area contributed by atoms with Crippen LogP contribution in [0.4, 0.5) is 5.69 Å². The largest absolute Gasteiger partial charge is 0.357 e. The minimum atomic E-state index is 0.519. The van der Waals surface area contributed by atoms with Crippen molar-refractivity contribution in [3.63, 3.8) is 0 Å². The molecule has 0 saturated heterocycles. The third-order valence-electron chi connectivity index (χ3n) is 3.65. The molecule has 2 aromatic heterocycles. The SMILES string of the molecule is CCn1cc(Br)c(CNC(=S)Nc2cnn(Cc3cccc(Cl)c3)c2)n1. The average Bonchev–Trinajstić information content (AvgIpc) is 3.19. The molecule has 0 bridgehead atoms. The van der Waals surface area contributed by atoms with Gasteiger partial charge in [0, 0.05) is 24.0 Å². The van der Waals surface area contributed by atoms with Crippen LogP contribution in [-0.2, 0) is 19.6 Å². The first kappa shape index (κ1) is 18.9. The summed E-state index contributed by atoms with van der Waals surface area (Å²) in [5.41, 5.74) is 2.82. The Morgan fingerprint density at radius 2 is 2.15 bits per heavy atom. The fourth-order valence-electron chi connectivity index (χ4n) is 2.40. The second-order valence-electron chi connectivity index (χ2n) is 5.64. The van der Waals surface area contributed by atoms with Crippen LogP contribution in [0, 0.1) is 0 Å². The van der Waals surface area contributed by atoms with Gasteiger partial charge in [0.2, 0.25) is 0 Å². The summed E-state index contributed by atoms with van der Waals surface area (Å²) in [7, 11) is 0. The Morgan fingerprint density at radius 1 is 1.31 bits per heavy atom. The van der Waals surface area contributed by atoms with Gasteiger partial charge in [0.25, 0.3) is 0 Å². The van der Waals surface area contributed by atoms with E-state index in [2.05, 4.69) is 36.8 Å². The van der Waals surface area contributed by atoms with Gasteiger partial charge in [0.15, 0.2) is 5.11 Å². The standard InChI is InChI=1S/C17H18BrClN6S/c1-2-24-11-15(18)16(23-24)8-20-17(26)22-14-7-21-25(10-14)9-12-4-3-5-13(19)6-12/h3-7,10-11H,2,8-9H2,1H3,(H2,20,22,26). The third kappa shape index (κ3) is 5.06. The first-order valence-electron chi connectivity index (χ1n) is 8.07. The number of hydrogen-bond donors (Lipinski definition) is 2. The van der Waals surface area contributed by atoms with Gasteiger partial charge in [-0.1, -0.05) is 23.7 Å². The van der Waals surface area contributed by atoms with E-state index in [1.165, 1.54) is 0 Å². The van der Waals surface area contributed by atoms with E-state index in [-0.39, 0.29) is 0 Å². The minimum Gasteiger partial charge on any atom is -0.357 e. The highest BCUT2D eigenvalue weighted by atomic mass is 79.9. The maximum atomic E-state index is 6.01. The summed E-state index contributed by atoms with van der Waals surface area (Å²) in [5, 5.41) is 16.3. The molecule has 0 aliphatic carbocycles. The van der Waals surface area contributed by atoms with Crippen molar-refractivity contribution in [2.75, 3.05) is 5.32 Å². The summed E-state index contributed by atoms with van der Waals surface area (Å²) in [6, 6.07) is 7.72. The number of halogens is 2. The molecule has 136 valence electrons. The van der Waals surface area contributed by atoms with Crippen LogP contribution in [0.3, 0.4) is 0 Å². The molecule has 0 saturated carbocycles. The minimum absolute atomic E-state index is 0.519. The van der Waals surface area contributed by atoms with Crippen LogP contribution in [-0.4, -0.2) is 24.7 Å². The van der Waals surface area contributed by atoms with Gasteiger partial charge in [-0.3, -0.25) is 9.36 Å². The molecule has 26 heavy (non-hydrogen) atoms. The lowest BCUT2D eigenvalue weighted by Gasteiger charge is -2.07. The van der Waals surface area contributed by atoms with Crippen LogP contribution in [0.2, 0.25) is 5.02 Å². The normalized spacial score (nSPS) is 10.7. The van der Waals surface area contributed by atoms with E-state index in [9.17, 15) is 0 Å². The van der Waals surface area contributed by atoms with Gasteiger partial charge in [-0.05, 0) is 52.8 Å². The van der Waals surface area contributed by atoms with Crippen molar-refractivity contribution in [1.82, 2.24) is 24.9 Å². The first-order valence-corrected chi connectivity index (χ1v) is 9.65. The predicted octanol–water partition coefficient (Wildman–Crippen LogP) is 4.05. The van der Waals surface area contributed by atoms with Crippen molar-refractivity contribution >= 4 is 50.5 Å². The van der Waals surface area contributed by atoms with E-state index in [0.29, 0.717) is 18.2 Å². The summed E-state index contributed by atoms with van der Waals surface area (Å²) >= 11 is 14.9. The van der Waals surface area contributed by atoms with E-state index < -0.39 is 0 Å². The highest BCUT2D eigenvalue weighted by Gasteiger charge is 2.07. The van der Waals surface area contributed by atoms with Gasteiger partial charge in [0.1, 0.15) is 0 Å². The van der Waals surface area contributed by atoms with Gasteiger partial charge in [-0.15, -0.1) is 0 Å². The Bertz CT molecular complexity index is 906. The molecule has 0 fully saturated rings. The second-order valence-corrected chi connectivity index (χ2v) is 7.34. The lowest BCUT2D eigenvalue weighted by molar-refractivity contribution is 0.643. The molecule has 0 unspecified atom stereocenters. The number of hydrogen-bond acceptors (Lipinski definition) is 3. The zero-order chi connectivity index (χ0) is 18.5. The second kappa shape index (κ2) is 8.66. The van der Waals surface area contributed by atoms with Crippen molar-refractivity contribution in [3.8, 4) is 0 Å². The molecule has 9 heteroatoms. The molecular weight excluding hydrogens is 436 g/mol. The number of aromatic nitrogens is 4. The highest BCUT2D eigenvalue weighted by Crippen LogP contribution is 2.15. The van der Waals surface area contributed by atoms with Crippen LogP contribution in [0.5, 0.6) is 0 Å². The number of thiocarbonyl (C=S) groups is 1. The molecule has 0 aliphatic rings. The predicted molar refractivity (Wildman–Crippen MR) is 111 cm³/mol. The summed E-state index contributed by atoms with van der Waals surface area (Å²) in [5.74, 6) is 0. The molecular formula is C17H18BrClN6S. The number of rotatable bonds is 6. The van der Waals surface area contributed by atoms with Crippen molar-refractivity contribution in [1.29, 1.82) is 0 Å². The molecule has 0 atom stereocenters. The molecule has 2 N–H and O–H groups in total. The van der Waals surface area contributed by atoms with Crippen molar-refractivity contribution in [2.45, 2.75) is 26.6 Å². The molecule has 3 rings (SSSR count). The zero-order valence-electron chi connectivity index (χ0n) is 14.1. The van der Waals surface area contributed by atoms with Crippen LogP contribution < -0.4 is 10.6 Å². The van der Waals surface area contributed by atoms with Gasteiger partial charge < -0.3 is 10.6 Å². The third-order valence-corrected chi connectivity index (χ3v) is 4.80. The van der Waals surface area contributed by atoms with Crippen LogP contribution in [0.15, 0.2) is 47.3 Å². The number of aryl methyl sites for hydroxylation is 1. The smallest absolute Gasteiger partial charge is 0.171 e. The number of benzene rings is 1. The molecule has 0 aliphatic heterocycles. The van der Waals surface area contributed by atoms with Crippen LogP contribution in [0.25, 0.3) is 0 Å². The molecule has 0 amide bonds. The Hall–Kier alpha value is -1.90. The molecule has 3 aromatic rings. The van der Waals surface area contributed by atoms with E-state index in [1.54, 1.807) is 6.20 Å². The molecule has 1 aromatic carbocycles. The first-order chi connectivity index (χ1) is 12.5. The Kier molecular flexibility index (Phi) is 6.29. The lowest BCUT2D eigenvalue weighted by atomic mass is 10.2. The summed E-state index contributed by atoms with van der Waals surface area (Å²) in [4.78, 5) is 0. The van der Waals surface area contributed by atoms with Crippen molar-refractivity contribution in [2.24, 2.45) is 0 Å². The number of nitrogens with zero attached hydrogens (tertiary/aromatic N) is 4. The number of nitrogens with one attached hydrogen (secondary N) is 2. The fraction of sp³-hybridized carbons (Fsp3) is 0.235. The topological polar surface area (TPSA) is 59.7 Å². The van der Waals surface area contributed by atoms with Crippen LogP contribution >= 0.6 is 39.7 Å². The van der Waals surface area contributed by atoms with Gasteiger partial charge >= 0.3 is 0 Å². The van der Waals surface area contributed by atoms with E-state index >= 15 is 0 Å². The monoisotopic (exact) mass is 452 g/mol. The van der Waals surface area contributed by atoms with Gasteiger partial charge in [0.05, 0.1) is 35.1 Å². The summed E-state index contributed by atoms with van der Waals surface area (Å²) < 4.78 is 4.66. The maximum Gasteiger partial charge on any atom is 0.171 e. The Balaban J connectivity index is 1.53. The van der Waals surface area contributed by atoms with E-state index in [0.717, 1.165) is 33.0 Å². The fourth-order valence-corrected chi connectivity index (χ4v) is 3.25. The molecule has 0 spiro atoms. The summed E-state index contributed by atoms with van der Waals surface area (Å²) in [6.07, 6.45) is 5.59. The Labute approximate surface area is 170 Å². The highest BCUT2D eigenvalue weighted by molar-refractivity contribution is 9.10. The lowest BCUT2D eigenvalue weighted by Crippen LogP contribution is -2.28. The van der Waals surface area contributed by atoms with Gasteiger partial charge in [-0.25, -0.2) is 0 Å². The van der Waals surface area contributed by atoms with Crippen LogP contribution in [0.1, 0.15) is 18.2 Å². The van der Waals surface area contributed by atoms with Crippen molar-refractivity contribution < 1.29 is 0 Å². The molecule has 2 heterocycles. The zero-order valence-corrected chi connectivity index (χ0v) is 17.3.